The summed E-state index contributed by atoms with van der Waals surface area (Å²) in [6, 6.07) is 5.61. The molecule has 2 N–H and O–H groups in total. The zero-order chi connectivity index (χ0) is 11.8. The van der Waals surface area contributed by atoms with E-state index in [9.17, 15) is 0 Å². The van der Waals surface area contributed by atoms with E-state index in [4.69, 9.17) is 27.9 Å². The molecule has 0 aliphatic heterocycles. The van der Waals surface area contributed by atoms with Crippen molar-refractivity contribution in [2.75, 3.05) is 19.8 Å². The van der Waals surface area contributed by atoms with E-state index in [0.29, 0.717) is 0 Å². The van der Waals surface area contributed by atoms with Gasteiger partial charge < -0.3 is 10.1 Å². The van der Waals surface area contributed by atoms with Crippen LogP contribution in [0.2, 0.25) is 10.0 Å². The molecule has 0 fully saturated rings. The van der Waals surface area contributed by atoms with E-state index in [1.165, 1.54) is 0 Å². The molecular weight excluding hydrogens is 245 g/mol. The fraction of sp³-hybridized carbons (Fsp3) is 0.500. The minimum atomic E-state index is 0.744. The first kappa shape index (κ1) is 13.8. The van der Waals surface area contributed by atoms with Gasteiger partial charge in [-0.25, -0.2) is 0 Å². The highest BCUT2D eigenvalue weighted by atomic mass is 35.5. The maximum absolute atomic E-state index is 6.06. The van der Waals surface area contributed by atoms with Crippen LogP contribution in [0.25, 0.3) is 0 Å². The Bertz CT molecular complexity index is 298. The number of rotatable bonds is 7. The Morgan fingerprint density at radius 3 is 2.56 bits per heavy atom. The van der Waals surface area contributed by atoms with Crippen molar-refractivity contribution in [3.05, 3.63) is 33.8 Å². The Morgan fingerprint density at radius 1 is 1.25 bits per heavy atom. The number of halogens is 2. The van der Waals surface area contributed by atoms with Gasteiger partial charge in [0.2, 0.25) is 0 Å². The Kier molecular flexibility index (Phi) is 6.81. The summed E-state index contributed by atoms with van der Waals surface area (Å²) >= 11 is 12.1. The third kappa shape index (κ3) is 4.71. The predicted octanol–water partition coefficient (Wildman–Crippen LogP) is 2.48. The quantitative estimate of drug-likeness (QED) is 0.751. The van der Waals surface area contributed by atoms with Crippen molar-refractivity contribution in [3.63, 3.8) is 0 Å². The summed E-state index contributed by atoms with van der Waals surface area (Å²) in [5.41, 5.74) is 1.02. The molecule has 0 atom stereocenters. The lowest BCUT2D eigenvalue weighted by Crippen LogP contribution is -2.82. The first-order valence-electron chi connectivity index (χ1n) is 5.58. The number of quaternary nitrogens is 1. The van der Waals surface area contributed by atoms with Crippen molar-refractivity contribution < 1.29 is 10.1 Å². The largest absolute Gasteiger partial charge is 0.382 e. The maximum atomic E-state index is 6.06. The topological polar surface area (TPSA) is 25.8 Å². The van der Waals surface area contributed by atoms with Gasteiger partial charge in [-0.05, 0) is 19.1 Å². The van der Waals surface area contributed by atoms with Crippen LogP contribution in [-0.4, -0.2) is 19.8 Å². The first-order chi connectivity index (χ1) is 7.75. The molecule has 90 valence electrons. The zero-order valence-corrected chi connectivity index (χ0v) is 11.0. The molecular formula is C12H18Cl2NO+. The minimum absolute atomic E-state index is 0.744. The van der Waals surface area contributed by atoms with Gasteiger partial charge in [0.1, 0.15) is 6.54 Å². The Labute approximate surface area is 107 Å². The highest BCUT2D eigenvalue weighted by Crippen LogP contribution is 2.22. The highest BCUT2D eigenvalue weighted by Gasteiger charge is 2.06. The van der Waals surface area contributed by atoms with Gasteiger partial charge in [0.15, 0.2) is 0 Å². The summed E-state index contributed by atoms with van der Waals surface area (Å²) in [5, 5.41) is 3.69. The Hall–Kier alpha value is -0.280. The third-order valence-electron chi connectivity index (χ3n) is 2.31. The normalized spacial score (nSPS) is 10.7. The summed E-state index contributed by atoms with van der Waals surface area (Å²) < 4.78 is 5.26. The molecule has 2 nitrogen and oxygen atoms in total. The van der Waals surface area contributed by atoms with Gasteiger partial charge in [0.25, 0.3) is 0 Å². The van der Waals surface area contributed by atoms with E-state index in [0.717, 1.165) is 48.3 Å². The number of benzene rings is 1. The third-order valence-corrected chi connectivity index (χ3v) is 3.02. The van der Waals surface area contributed by atoms with Crippen LogP contribution in [0.4, 0.5) is 0 Å². The van der Waals surface area contributed by atoms with Crippen LogP contribution in [0.15, 0.2) is 18.2 Å². The number of hydrogen-bond acceptors (Lipinski definition) is 1. The van der Waals surface area contributed by atoms with Crippen LogP contribution in [0.3, 0.4) is 0 Å². The van der Waals surface area contributed by atoms with E-state index >= 15 is 0 Å². The molecule has 0 aliphatic rings. The van der Waals surface area contributed by atoms with E-state index in [2.05, 4.69) is 5.32 Å². The Balaban J connectivity index is 2.26. The van der Waals surface area contributed by atoms with Crippen molar-refractivity contribution in [1.82, 2.24) is 0 Å². The average Bonchev–Trinajstić information content (AvgIpc) is 2.26. The minimum Gasteiger partial charge on any atom is -0.382 e. The lowest BCUT2D eigenvalue weighted by Gasteiger charge is -2.06. The lowest BCUT2D eigenvalue weighted by molar-refractivity contribution is -0.671. The molecule has 0 radical (unpaired) electrons. The molecule has 1 aromatic carbocycles. The second-order valence-corrected chi connectivity index (χ2v) is 4.35. The molecule has 4 heteroatoms. The van der Waals surface area contributed by atoms with Crippen LogP contribution in [0.1, 0.15) is 18.9 Å². The van der Waals surface area contributed by atoms with Crippen molar-refractivity contribution in [2.24, 2.45) is 0 Å². The first-order valence-corrected chi connectivity index (χ1v) is 6.33. The summed E-state index contributed by atoms with van der Waals surface area (Å²) in [6.07, 6.45) is 1.05. The zero-order valence-electron chi connectivity index (χ0n) is 9.51. The molecule has 0 unspecified atom stereocenters. The molecule has 1 rings (SSSR count). The SMILES string of the molecule is CCOCCC[NH2+]Cc1c(Cl)cccc1Cl. The van der Waals surface area contributed by atoms with E-state index in [1.54, 1.807) is 0 Å². The monoisotopic (exact) mass is 262 g/mol. The Morgan fingerprint density at radius 2 is 1.94 bits per heavy atom. The molecule has 0 aliphatic carbocycles. The molecule has 0 saturated heterocycles. The summed E-state index contributed by atoms with van der Waals surface area (Å²) in [4.78, 5) is 0. The van der Waals surface area contributed by atoms with E-state index < -0.39 is 0 Å². The van der Waals surface area contributed by atoms with Crippen molar-refractivity contribution in [1.29, 1.82) is 0 Å². The smallest absolute Gasteiger partial charge is 0.104 e. The maximum Gasteiger partial charge on any atom is 0.104 e. The standard InChI is InChI=1S/C12H17Cl2NO/c1-2-16-8-4-7-15-9-10-11(13)5-3-6-12(10)14/h3,5-6,15H,2,4,7-9H2,1H3/p+1. The molecule has 0 spiro atoms. The molecule has 0 amide bonds. The van der Waals surface area contributed by atoms with Gasteiger partial charge >= 0.3 is 0 Å². The van der Waals surface area contributed by atoms with Gasteiger partial charge in [-0.3, -0.25) is 0 Å². The van der Waals surface area contributed by atoms with Crippen LogP contribution >= 0.6 is 23.2 Å². The predicted molar refractivity (Wildman–Crippen MR) is 68.1 cm³/mol. The second kappa shape index (κ2) is 7.91. The second-order valence-electron chi connectivity index (χ2n) is 3.53. The van der Waals surface area contributed by atoms with Gasteiger partial charge in [-0.2, -0.15) is 0 Å². The van der Waals surface area contributed by atoms with Crippen LogP contribution in [0.5, 0.6) is 0 Å². The molecule has 0 heterocycles. The van der Waals surface area contributed by atoms with Gasteiger partial charge in [0.05, 0.1) is 23.2 Å². The van der Waals surface area contributed by atoms with Crippen molar-refractivity contribution in [2.45, 2.75) is 19.9 Å². The van der Waals surface area contributed by atoms with Gasteiger partial charge in [0, 0.05) is 18.6 Å². The fourth-order valence-electron chi connectivity index (χ4n) is 1.45. The number of nitrogens with two attached hydrogens (primary N) is 1. The summed E-state index contributed by atoms with van der Waals surface area (Å²) in [5.74, 6) is 0. The lowest BCUT2D eigenvalue weighted by atomic mass is 10.2. The van der Waals surface area contributed by atoms with Crippen LogP contribution in [0, 0.1) is 0 Å². The van der Waals surface area contributed by atoms with E-state index in [1.807, 2.05) is 25.1 Å². The van der Waals surface area contributed by atoms with Gasteiger partial charge in [-0.15, -0.1) is 0 Å². The summed E-state index contributed by atoms with van der Waals surface area (Å²) in [6.45, 7) is 5.47. The highest BCUT2D eigenvalue weighted by molar-refractivity contribution is 6.35. The number of hydrogen-bond donors (Lipinski definition) is 1. The molecule has 16 heavy (non-hydrogen) atoms. The molecule has 1 aromatic rings. The number of ether oxygens (including phenoxy) is 1. The fourth-order valence-corrected chi connectivity index (χ4v) is 2.00. The van der Waals surface area contributed by atoms with Crippen molar-refractivity contribution >= 4 is 23.2 Å². The molecule has 0 saturated carbocycles. The van der Waals surface area contributed by atoms with Gasteiger partial charge in [-0.1, -0.05) is 29.3 Å². The molecule has 0 bridgehead atoms. The van der Waals surface area contributed by atoms with E-state index in [-0.39, 0.29) is 0 Å². The average molecular weight is 263 g/mol. The molecule has 0 aromatic heterocycles. The van der Waals surface area contributed by atoms with Crippen LogP contribution < -0.4 is 5.32 Å². The summed E-state index contributed by atoms with van der Waals surface area (Å²) in [7, 11) is 0. The van der Waals surface area contributed by atoms with Crippen LogP contribution in [-0.2, 0) is 11.3 Å². The van der Waals surface area contributed by atoms with Crippen molar-refractivity contribution in [3.8, 4) is 0 Å².